The first kappa shape index (κ1) is 15.5. The average molecular weight is 302 g/mol. The fraction of sp³-hybridized carbons (Fsp3) is 0.500. The van der Waals surface area contributed by atoms with E-state index in [9.17, 15) is 13.6 Å². The second kappa shape index (κ2) is 6.26. The molecule has 0 saturated heterocycles. The van der Waals surface area contributed by atoms with Crippen LogP contribution in [0.25, 0.3) is 0 Å². The van der Waals surface area contributed by atoms with E-state index in [1.54, 1.807) is 0 Å². The minimum atomic E-state index is -3.30. The van der Waals surface area contributed by atoms with Crippen LogP contribution in [0, 0.1) is 5.92 Å². The van der Waals surface area contributed by atoms with Gasteiger partial charge in [0, 0.05) is 11.5 Å². The number of carbonyl (C=O) groups is 1. The first-order valence-corrected chi connectivity index (χ1v) is 6.46. The second-order valence-electron chi connectivity index (χ2n) is 4.98. The molecule has 0 aromatic heterocycles. The van der Waals surface area contributed by atoms with Crippen molar-refractivity contribution in [1.29, 1.82) is 0 Å². The van der Waals surface area contributed by atoms with Crippen molar-refractivity contribution >= 4 is 5.97 Å². The lowest BCUT2D eigenvalue weighted by atomic mass is 10.1. The van der Waals surface area contributed by atoms with Crippen molar-refractivity contribution in [1.82, 2.24) is 0 Å². The number of hydrogen-bond acceptors (Lipinski definition) is 4. The van der Waals surface area contributed by atoms with Crippen LogP contribution in [0.15, 0.2) is 18.2 Å². The number of benzene rings is 1. The Morgan fingerprint density at radius 2 is 2.05 bits per heavy atom. The molecule has 0 bridgehead atoms. The van der Waals surface area contributed by atoms with Crippen LogP contribution in [0.3, 0.4) is 0 Å². The summed E-state index contributed by atoms with van der Waals surface area (Å²) in [7, 11) is 0. The average Bonchev–Trinajstić information content (AvgIpc) is 2.60. The van der Waals surface area contributed by atoms with Gasteiger partial charge in [-0.05, 0) is 18.2 Å². The van der Waals surface area contributed by atoms with E-state index in [4.69, 9.17) is 14.6 Å². The molecule has 1 N–H and O–H groups in total. The van der Waals surface area contributed by atoms with Gasteiger partial charge in [0.2, 0.25) is 0 Å². The molecule has 1 aromatic rings. The zero-order valence-electron chi connectivity index (χ0n) is 11.5. The molecule has 7 heteroatoms. The van der Waals surface area contributed by atoms with Crippen LogP contribution in [0.1, 0.15) is 12.5 Å². The summed E-state index contributed by atoms with van der Waals surface area (Å²) in [5.41, 5.74) is -0.301. The van der Waals surface area contributed by atoms with Gasteiger partial charge in [-0.1, -0.05) is 6.92 Å². The van der Waals surface area contributed by atoms with Gasteiger partial charge in [-0.3, -0.25) is 0 Å². The van der Waals surface area contributed by atoms with Crippen molar-refractivity contribution in [2.24, 2.45) is 5.92 Å². The highest BCUT2D eigenvalue weighted by Crippen LogP contribution is 2.37. The molecule has 1 heterocycles. The second-order valence-corrected chi connectivity index (χ2v) is 4.98. The van der Waals surface area contributed by atoms with E-state index in [2.05, 4.69) is 4.74 Å². The summed E-state index contributed by atoms with van der Waals surface area (Å²) in [6, 6.07) is 3.85. The first-order chi connectivity index (χ1) is 9.88. The van der Waals surface area contributed by atoms with Crippen molar-refractivity contribution < 1.29 is 32.9 Å². The van der Waals surface area contributed by atoms with E-state index in [1.807, 2.05) is 6.92 Å². The molecule has 1 aromatic carbocycles. The van der Waals surface area contributed by atoms with Crippen LogP contribution in [-0.2, 0) is 15.5 Å². The van der Waals surface area contributed by atoms with Crippen molar-refractivity contribution in [3.63, 3.8) is 0 Å². The maximum Gasteiger partial charge on any atom is 0.329 e. The lowest BCUT2D eigenvalue weighted by molar-refractivity contribution is -0.147. The van der Waals surface area contributed by atoms with Crippen molar-refractivity contribution in [2.45, 2.75) is 12.8 Å². The number of aliphatic carboxylic acids is 1. The third-order valence-corrected chi connectivity index (χ3v) is 2.92. The molecule has 1 aliphatic rings. The summed E-state index contributed by atoms with van der Waals surface area (Å²) in [6.07, 6.45) is 0. The smallest absolute Gasteiger partial charge is 0.329 e. The summed E-state index contributed by atoms with van der Waals surface area (Å²) in [6.45, 7) is 1.01. The Morgan fingerprint density at radius 1 is 1.38 bits per heavy atom. The Labute approximate surface area is 120 Å². The Morgan fingerprint density at radius 3 is 2.71 bits per heavy atom. The molecular formula is C14H16F2O5. The van der Waals surface area contributed by atoms with Gasteiger partial charge < -0.3 is 19.3 Å². The van der Waals surface area contributed by atoms with E-state index in [0.717, 1.165) is 0 Å². The summed E-state index contributed by atoms with van der Waals surface area (Å²) in [5.74, 6) is -3.75. The molecule has 0 radical (unpaired) electrons. The lowest BCUT2D eigenvalue weighted by Crippen LogP contribution is -2.23. The molecule has 1 aliphatic heterocycles. The highest BCUT2D eigenvalue weighted by atomic mass is 19.3. The zero-order valence-corrected chi connectivity index (χ0v) is 11.5. The largest absolute Gasteiger partial charge is 0.489 e. The molecule has 0 spiro atoms. The Kier molecular flexibility index (Phi) is 4.62. The maximum absolute atomic E-state index is 13.9. The maximum atomic E-state index is 13.9. The predicted octanol–water partition coefficient (Wildman–Crippen LogP) is 2.29. The standard InChI is InChI=1S/C14H16F2O5/c1-9-5-20-11-3-2-10(4-12(11)21-6-9)14(15,16)8-19-7-13(17)18/h2-4,9H,5-8H2,1H3,(H,17,18). The van der Waals surface area contributed by atoms with Crippen LogP contribution in [-0.4, -0.2) is 37.5 Å². The third kappa shape index (κ3) is 4.04. The van der Waals surface area contributed by atoms with Gasteiger partial charge in [0.1, 0.15) is 13.2 Å². The van der Waals surface area contributed by atoms with Crippen LogP contribution in [0.2, 0.25) is 0 Å². The van der Waals surface area contributed by atoms with Crippen LogP contribution in [0.4, 0.5) is 8.78 Å². The highest BCUT2D eigenvalue weighted by molar-refractivity contribution is 5.68. The van der Waals surface area contributed by atoms with E-state index >= 15 is 0 Å². The molecule has 2 rings (SSSR count). The minimum Gasteiger partial charge on any atom is -0.489 e. The number of alkyl halides is 2. The fourth-order valence-electron chi connectivity index (χ4n) is 1.83. The molecule has 0 saturated carbocycles. The van der Waals surface area contributed by atoms with Crippen LogP contribution in [0.5, 0.6) is 11.5 Å². The van der Waals surface area contributed by atoms with E-state index in [-0.39, 0.29) is 17.2 Å². The first-order valence-electron chi connectivity index (χ1n) is 6.46. The summed E-state index contributed by atoms with van der Waals surface area (Å²) in [4.78, 5) is 10.3. The summed E-state index contributed by atoms with van der Waals surface area (Å²) >= 11 is 0. The molecule has 0 fully saturated rings. The van der Waals surface area contributed by atoms with Gasteiger partial charge >= 0.3 is 5.97 Å². The highest BCUT2D eigenvalue weighted by Gasteiger charge is 2.33. The zero-order chi connectivity index (χ0) is 15.5. The van der Waals surface area contributed by atoms with Gasteiger partial charge in [-0.2, -0.15) is 8.78 Å². The molecule has 21 heavy (non-hydrogen) atoms. The normalized spacial score (nSPS) is 18.1. The van der Waals surface area contributed by atoms with Gasteiger partial charge in [-0.15, -0.1) is 0 Å². The molecular weight excluding hydrogens is 286 g/mol. The SMILES string of the molecule is CC1COc2ccc(C(F)(F)COCC(=O)O)cc2OC1. The predicted molar refractivity (Wildman–Crippen MR) is 68.9 cm³/mol. The third-order valence-electron chi connectivity index (χ3n) is 2.92. The van der Waals surface area contributed by atoms with Gasteiger partial charge in [0.05, 0.1) is 13.2 Å². The Bertz CT molecular complexity index is 518. The summed E-state index contributed by atoms with van der Waals surface area (Å²) < 4.78 is 43.3. The molecule has 1 atom stereocenters. The van der Waals surface area contributed by atoms with Crippen molar-refractivity contribution in [3.05, 3.63) is 23.8 Å². The monoisotopic (exact) mass is 302 g/mol. The number of hydrogen-bond donors (Lipinski definition) is 1. The van der Waals surface area contributed by atoms with E-state index in [0.29, 0.717) is 19.0 Å². The number of carboxylic acids is 1. The molecule has 0 amide bonds. The quantitative estimate of drug-likeness (QED) is 0.904. The Balaban J connectivity index is 2.11. The topological polar surface area (TPSA) is 65.0 Å². The number of halogens is 2. The molecule has 116 valence electrons. The Hall–Kier alpha value is -1.89. The van der Waals surface area contributed by atoms with Crippen LogP contribution >= 0.6 is 0 Å². The molecule has 5 nitrogen and oxygen atoms in total. The lowest BCUT2D eigenvalue weighted by Gasteiger charge is -2.18. The fourth-order valence-corrected chi connectivity index (χ4v) is 1.83. The van der Waals surface area contributed by atoms with Crippen molar-refractivity contribution in [3.8, 4) is 11.5 Å². The van der Waals surface area contributed by atoms with Gasteiger partial charge in [-0.25, -0.2) is 4.79 Å². The minimum absolute atomic E-state index is 0.167. The van der Waals surface area contributed by atoms with Gasteiger partial charge in [0.25, 0.3) is 5.92 Å². The van der Waals surface area contributed by atoms with Crippen molar-refractivity contribution in [2.75, 3.05) is 26.4 Å². The number of fused-ring (bicyclic) bond motifs is 1. The number of carboxylic acid groups (broad SMARTS) is 1. The van der Waals surface area contributed by atoms with E-state index in [1.165, 1.54) is 18.2 Å². The van der Waals surface area contributed by atoms with Crippen LogP contribution < -0.4 is 9.47 Å². The summed E-state index contributed by atoms with van der Waals surface area (Å²) in [5, 5.41) is 8.39. The van der Waals surface area contributed by atoms with E-state index < -0.39 is 25.1 Å². The number of rotatable bonds is 5. The number of ether oxygens (including phenoxy) is 3. The molecule has 1 unspecified atom stereocenters. The van der Waals surface area contributed by atoms with Gasteiger partial charge in [0.15, 0.2) is 11.5 Å². The molecule has 0 aliphatic carbocycles.